The van der Waals surface area contributed by atoms with Crippen LogP contribution in [0.2, 0.25) is 5.15 Å². The van der Waals surface area contributed by atoms with E-state index in [0.717, 1.165) is 22.5 Å². The Bertz CT molecular complexity index is 809. The van der Waals surface area contributed by atoms with Crippen LogP contribution in [-0.4, -0.2) is 9.78 Å². The fourth-order valence-electron chi connectivity index (χ4n) is 2.04. The van der Waals surface area contributed by atoms with Crippen LogP contribution >= 0.6 is 11.6 Å². The van der Waals surface area contributed by atoms with Gasteiger partial charge in [-0.2, -0.15) is 5.10 Å². The highest BCUT2D eigenvalue weighted by atomic mass is 35.5. The summed E-state index contributed by atoms with van der Waals surface area (Å²) < 4.78 is 1.71. The van der Waals surface area contributed by atoms with Gasteiger partial charge in [-0.05, 0) is 31.2 Å². The molecule has 0 N–H and O–H groups in total. The van der Waals surface area contributed by atoms with Crippen molar-refractivity contribution in [3.05, 3.63) is 82.6 Å². The van der Waals surface area contributed by atoms with E-state index in [9.17, 15) is 0 Å². The molecular formula is C18H13ClN2. The van der Waals surface area contributed by atoms with Crippen molar-refractivity contribution < 1.29 is 0 Å². The van der Waals surface area contributed by atoms with Crippen LogP contribution < -0.4 is 0 Å². The van der Waals surface area contributed by atoms with Crippen LogP contribution in [0.4, 0.5) is 0 Å². The lowest BCUT2D eigenvalue weighted by Crippen LogP contribution is -1.95. The summed E-state index contributed by atoms with van der Waals surface area (Å²) in [6, 6.07) is 19.6. The third-order valence-corrected chi connectivity index (χ3v) is 3.46. The van der Waals surface area contributed by atoms with Crippen molar-refractivity contribution in [2.24, 2.45) is 0 Å². The largest absolute Gasteiger partial charge is 0.221 e. The summed E-state index contributed by atoms with van der Waals surface area (Å²) in [5, 5.41) is 5.02. The number of para-hydroxylation sites is 1. The van der Waals surface area contributed by atoms with Gasteiger partial charge in [0.1, 0.15) is 5.15 Å². The smallest absolute Gasteiger partial charge is 0.148 e. The molecule has 0 fully saturated rings. The Balaban J connectivity index is 2.02. The van der Waals surface area contributed by atoms with Gasteiger partial charge >= 0.3 is 0 Å². The summed E-state index contributed by atoms with van der Waals surface area (Å²) in [5.74, 6) is 6.24. The van der Waals surface area contributed by atoms with E-state index in [4.69, 9.17) is 11.6 Å². The molecule has 0 aliphatic carbocycles. The second-order valence-electron chi connectivity index (χ2n) is 4.61. The van der Waals surface area contributed by atoms with E-state index in [2.05, 4.69) is 16.9 Å². The van der Waals surface area contributed by atoms with Gasteiger partial charge in [-0.3, -0.25) is 0 Å². The molecular weight excluding hydrogens is 280 g/mol. The minimum Gasteiger partial charge on any atom is -0.221 e. The number of hydrogen-bond donors (Lipinski definition) is 0. The Labute approximate surface area is 129 Å². The molecule has 0 atom stereocenters. The molecule has 21 heavy (non-hydrogen) atoms. The van der Waals surface area contributed by atoms with Crippen LogP contribution in [0.1, 0.15) is 16.8 Å². The molecule has 102 valence electrons. The summed E-state index contributed by atoms with van der Waals surface area (Å²) >= 11 is 6.43. The monoisotopic (exact) mass is 292 g/mol. The third kappa shape index (κ3) is 2.84. The summed E-state index contributed by atoms with van der Waals surface area (Å²) in [4.78, 5) is 0. The third-order valence-electron chi connectivity index (χ3n) is 3.11. The Morgan fingerprint density at radius 2 is 1.52 bits per heavy atom. The molecule has 0 unspecified atom stereocenters. The average Bonchev–Trinajstić information content (AvgIpc) is 2.82. The second kappa shape index (κ2) is 5.87. The summed E-state index contributed by atoms with van der Waals surface area (Å²) in [5.41, 5.74) is 3.48. The molecule has 2 nitrogen and oxygen atoms in total. The minimum atomic E-state index is 0.544. The maximum atomic E-state index is 6.43. The quantitative estimate of drug-likeness (QED) is 0.614. The SMILES string of the molecule is Cc1nn(-c2ccccc2)c(Cl)c1C#Cc1ccccc1. The van der Waals surface area contributed by atoms with Crippen LogP contribution in [0, 0.1) is 18.8 Å². The van der Waals surface area contributed by atoms with E-state index in [0.29, 0.717) is 5.15 Å². The van der Waals surface area contributed by atoms with Gasteiger partial charge < -0.3 is 0 Å². The molecule has 0 radical (unpaired) electrons. The molecule has 3 rings (SSSR count). The van der Waals surface area contributed by atoms with Gasteiger partial charge in [0, 0.05) is 5.56 Å². The fraction of sp³-hybridized carbons (Fsp3) is 0.0556. The van der Waals surface area contributed by atoms with Crippen LogP contribution in [0.5, 0.6) is 0 Å². The number of halogens is 1. The van der Waals surface area contributed by atoms with Crippen molar-refractivity contribution in [3.63, 3.8) is 0 Å². The Hall–Kier alpha value is -2.50. The summed E-state index contributed by atoms with van der Waals surface area (Å²) in [7, 11) is 0. The predicted molar refractivity (Wildman–Crippen MR) is 85.7 cm³/mol. The second-order valence-corrected chi connectivity index (χ2v) is 4.97. The van der Waals surface area contributed by atoms with Gasteiger partial charge in [-0.1, -0.05) is 59.8 Å². The van der Waals surface area contributed by atoms with E-state index >= 15 is 0 Å². The van der Waals surface area contributed by atoms with Crippen LogP contribution in [0.15, 0.2) is 60.7 Å². The van der Waals surface area contributed by atoms with Crippen molar-refractivity contribution in [1.29, 1.82) is 0 Å². The first-order chi connectivity index (χ1) is 10.3. The number of benzene rings is 2. The van der Waals surface area contributed by atoms with Crippen LogP contribution in [-0.2, 0) is 0 Å². The molecule has 0 aliphatic heterocycles. The molecule has 1 aromatic heterocycles. The van der Waals surface area contributed by atoms with Crippen molar-refractivity contribution in [2.75, 3.05) is 0 Å². The fourth-order valence-corrected chi connectivity index (χ4v) is 2.36. The van der Waals surface area contributed by atoms with Crippen molar-refractivity contribution >= 4 is 11.6 Å². The Kier molecular flexibility index (Phi) is 3.77. The van der Waals surface area contributed by atoms with E-state index in [-0.39, 0.29) is 0 Å². The molecule has 0 saturated heterocycles. The molecule has 0 bridgehead atoms. The van der Waals surface area contributed by atoms with E-state index in [1.807, 2.05) is 67.6 Å². The number of aromatic nitrogens is 2. The summed E-state index contributed by atoms with van der Waals surface area (Å²) in [6.07, 6.45) is 0. The molecule has 0 spiro atoms. The van der Waals surface area contributed by atoms with Gasteiger partial charge in [0.05, 0.1) is 16.9 Å². The molecule has 3 aromatic rings. The minimum absolute atomic E-state index is 0.544. The molecule has 3 heteroatoms. The number of aryl methyl sites for hydroxylation is 1. The van der Waals surface area contributed by atoms with E-state index < -0.39 is 0 Å². The van der Waals surface area contributed by atoms with Crippen LogP contribution in [0.3, 0.4) is 0 Å². The Morgan fingerprint density at radius 3 is 2.19 bits per heavy atom. The number of nitrogens with zero attached hydrogens (tertiary/aromatic N) is 2. The van der Waals surface area contributed by atoms with Crippen LogP contribution in [0.25, 0.3) is 5.69 Å². The molecule has 0 amide bonds. The summed E-state index contributed by atoms with van der Waals surface area (Å²) in [6.45, 7) is 1.92. The van der Waals surface area contributed by atoms with E-state index in [1.165, 1.54) is 0 Å². The maximum absolute atomic E-state index is 6.43. The molecule has 0 aliphatic rings. The van der Waals surface area contributed by atoms with Gasteiger partial charge in [0.15, 0.2) is 0 Å². The highest BCUT2D eigenvalue weighted by Crippen LogP contribution is 2.22. The normalized spacial score (nSPS) is 10.0. The molecule has 1 heterocycles. The average molecular weight is 293 g/mol. The zero-order valence-corrected chi connectivity index (χ0v) is 12.3. The highest BCUT2D eigenvalue weighted by Gasteiger charge is 2.12. The number of rotatable bonds is 1. The Morgan fingerprint density at radius 1 is 0.905 bits per heavy atom. The first kappa shape index (κ1) is 13.5. The maximum Gasteiger partial charge on any atom is 0.148 e. The molecule has 0 saturated carbocycles. The standard InChI is InChI=1S/C18H13ClN2/c1-14-17(13-12-15-8-4-2-5-9-15)18(19)21(20-14)16-10-6-3-7-11-16/h2-11H,1H3. The zero-order chi connectivity index (χ0) is 14.7. The number of hydrogen-bond acceptors (Lipinski definition) is 1. The van der Waals surface area contributed by atoms with Crippen molar-refractivity contribution in [3.8, 4) is 17.5 Å². The topological polar surface area (TPSA) is 17.8 Å². The van der Waals surface area contributed by atoms with Crippen molar-refractivity contribution in [2.45, 2.75) is 6.92 Å². The van der Waals surface area contributed by atoms with Gasteiger partial charge in [0.2, 0.25) is 0 Å². The zero-order valence-electron chi connectivity index (χ0n) is 11.5. The van der Waals surface area contributed by atoms with E-state index in [1.54, 1.807) is 4.68 Å². The molecule has 2 aromatic carbocycles. The first-order valence-electron chi connectivity index (χ1n) is 6.63. The van der Waals surface area contributed by atoms with Gasteiger partial charge in [0.25, 0.3) is 0 Å². The van der Waals surface area contributed by atoms with Gasteiger partial charge in [-0.15, -0.1) is 0 Å². The lowest BCUT2D eigenvalue weighted by atomic mass is 10.2. The van der Waals surface area contributed by atoms with Gasteiger partial charge in [-0.25, -0.2) is 4.68 Å². The predicted octanol–water partition coefficient (Wildman–Crippen LogP) is 4.23. The highest BCUT2D eigenvalue weighted by molar-refractivity contribution is 6.31. The lowest BCUT2D eigenvalue weighted by Gasteiger charge is -2.01. The lowest BCUT2D eigenvalue weighted by molar-refractivity contribution is 0.863. The first-order valence-corrected chi connectivity index (χ1v) is 7.01. The van der Waals surface area contributed by atoms with Crippen molar-refractivity contribution in [1.82, 2.24) is 9.78 Å².